The second-order valence-electron chi connectivity index (χ2n) is 3.79. The summed E-state index contributed by atoms with van der Waals surface area (Å²) in [7, 11) is 0. The summed E-state index contributed by atoms with van der Waals surface area (Å²) in [6.07, 6.45) is 1.21. The van der Waals surface area contributed by atoms with Gasteiger partial charge in [0.2, 0.25) is 0 Å². The Bertz CT molecular complexity index is 311. The molecule has 1 atom stereocenters. The smallest absolute Gasteiger partial charge is 0.116 e. The van der Waals surface area contributed by atoms with Crippen LogP contribution in [0.5, 0.6) is 5.75 Å². The first-order valence-electron chi connectivity index (χ1n) is 4.72. The van der Waals surface area contributed by atoms with Gasteiger partial charge in [-0.2, -0.15) is 0 Å². The fraction of sp³-hybridized carbons (Fsp3) is 0.455. The minimum absolute atomic E-state index is 0. The van der Waals surface area contributed by atoms with Crippen LogP contribution >= 0.6 is 12.4 Å². The predicted molar refractivity (Wildman–Crippen MR) is 60.2 cm³/mol. The van der Waals surface area contributed by atoms with Gasteiger partial charge in [0.1, 0.15) is 5.75 Å². The first-order chi connectivity index (χ1) is 6.18. The standard InChI is InChI=1S/C11H15NO.ClH/c1-7-5-9(13)6-8(2)11(7)10-3-4-12-10;/h5-6,10,12-13H,3-4H2,1-2H3;1H/t10-;/m1./s1. The molecule has 1 aromatic rings. The van der Waals surface area contributed by atoms with Gasteiger partial charge in [0.15, 0.2) is 0 Å². The summed E-state index contributed by atoms with van der Waals surface area (Å²) in [6.45, 7) is 5.23. The summed E-state index contributed by atoms with van der Waals surface area (Å²) >= 11 is 0. The Morgan fingerprint density at radius 2 is 1.79 bits per heavy atom. The normalized spacial score (nSPS) is 19.7. The summed E-state index contributed by atoms with van der Waals surface area (Å²) in [4.78, 5) is 0. The number of aryl methyl sites for hydroxylation is 2. The highest BCUT2D eigenvalue weighted by atomic mass is 35.5. The van der Waals surface area contributed by atoms with Crippen molar-refractivity contribution in [2.45, 2.75) is 26.3 Å². The average molecular weight is 214 g/mol. The van der Waals surface area contributed by atoms with E-state index in [4.69, 9.17) is 0 Å². The molecule has 1 heterocycles. The lowest BCUT2D eigenvalue weighted by atomic mass is 9.90. The lowest BCUT2D eigenvalue weighted by Crippen LogP contribution is -2.35. The molecule has 0 saturated carbocycles. The van der Waals surface area contributed by atoms with Crippen LogP contribution < -0.4 is 5.32 Å². The average Bonchev–Trinajstić information content (AvgIpc) is 1.92. The molecule has 0 unspecified atom stereocenters. The Kier molecular flexibility index (Phi) is 3.40. The highest BCUT2D eigenvalue weighted by Crippen LogP contribution is 2.31. The third-order valence-corrected chi connectivity index (χ3v) is 2.75. The van der Waals surface area contributed by atoms with Crippen LogP contribution in [0.4, 0.5) is 0 Å². The van der Waals surface area contributed by atoms with Crippen LogP contribution in [0.15, 0.2) is 12.1 Å². The molecule has 0 spiro atoms. The molecule has 1 aromatic carbocycles. The van der Waals surface area contributed by atoms with Crippen molar-refractivity contribution in [1.29, 1.82) is 0 Å². The van der Waals surface area contributed by atoms with Gasteiger partial charge in [-0.25, -0.2) is 0 Å². The van der Waals surface area contributed by atoms with E-state index in [-0.39, 0.29) is 12.4 Å². The minimum atomic E-state index is 0. The van der Waals surface area contributed by atoms with Gasteiger partial charge in [0, 0.05) is 6.04 Å². The molecule has 1 fully saturated rings. The van der Waals surface area contributed by atoms with Gasteiger partial charge in [-0.15, -0.1) is 12.4 Å². The van der Waals surface area contributed by atoms with Crippen LogP contribution in [0.3, 0.4) is 0 Å². The molecule has 0 radical (unpaired) electrons. The van der Waals surface area contributed by atoms with Crippen LogP contribution in [-0.2, 0) is 0 Å². The number of halogens is 1. The Morgan fingerprint density at radius 3 is 2.14 bits per heavy atom. The second kappa shape index (κ2) is 4.20. The topological polar surface area (TPSA) is 32.3 Å². The van der Waals surface area contributed by atoms with Crippen LogP contribution in [0.2, 0.25) is 0 Å². The van der Waals surface area contributed by atoms with Crippen molar-refractivity contribution in [3.8, 4) is 5.75 Å². The molecule has 2 nitrogen and oxygen atoms in total. The number of rotatable bonds is 1. The van der Waals surface area contributed by atoms with E-state index < -0.39 is 0 Å². The summed E-state index contributed by atoms with van der Waals surface area (Å²) < 4.78 is 0. The molecule has 0 bridgehead atoms. The quantitative estimate of drug-likeness (QED) is 0.751. The monoisotopic (exact) mass is 213 g/mol. The number of nitrogens with one attached hydrogen (secondary N) is 1. The van der Waals surface area contributed by atoms with Gasteiger partial charge in [0.05, 0.1) is 0 Å². The largest absolute Gasteiger partial charge is 0.508 e. The zero-order valence-electron chi connectivity index (χ0n) is 8.50. The fourth-order valence-electron chi connectivity index (χ4n) is 2.04. The number of hydrogen-bond acceptors (Lipinski definition) is 2. The van der Waals surface area contributed by atoms with E-state index in [1.807, 2.05) is 12.1 Å². The number of aromatic hydroxyl groups is 1. The first kappa shape index (κ1) is 11.3. The second-order valence-corrected chi connectivity index (χ2v) is 3.79. The Balaban J connectivity index is 0.000000980. The van der Waals surface area contributed by atoms with E-state index in [1.54, 1.807) is 0 Å². The van der Waals surface area contributed by atoms with Crippen LogP contribution in [0.1, 0.15) is 29.2 Å². The molecule has 0 aliphatic carbocycles. The molecule has 0 amide bonds. The van der Waals surface area contributed by atoms with Crippen LogP contribution in [0, 0.1) is 13.8 Å². The summed E-state index contributed by atoms with van der Waals surface area (Å²) in [5.74, 6) is 0.373. The maximum absolute atomic E-state index is 9.37. The molecule has 2 N–H and O–H groups in total. The van der Waals surface area contributed by atoms with E-state index in [1.165, 1.54) is 23.1 Å². The zero-order chi connectivity index (χ0) is 9.42. The lowest BCUT2D eigenvalue weighted by Gasteiger charge is -2.30. The lowest BCUT2D eigenvalue weighted by molar-refractivity contribution is 0.379. The van der Waals surface area contributed by atoms with Gasteiger partial charge in [-0.3, -0.25) is 0 Å². The van der Waals surface area contributed by atoms with E-state index in [0.29, 0.717) is 11.8 Å². The maximum Gasteiger partial charge on any atom is 0.116 e. The number of hydrogen-bond donors (Lipinski definition) is 2. The molecule has 1 aliphatic heterocycles. The van der Waals surface area contributed by atoms with Gasteiger partial charge < -0.3 is 10.4 Å². The Morgan fingerprint density at radius 1 is 1.29 bits per heavy atom. The molecule has 3 heteroatoms. The van der Waals surface area contributed by atoms with Crippen molar-refractivity contribution in [3.05, 3.63) is 28.8 Å². The third kappa shape index (κ3) is 1.86. The highest BCUT2D eigenvalue weighted by molar-refractivity contribution is 5.85. The number of phenolic OH excluding ortho intramolecular Hbond substituents is 1. The molecular weight excluding hydrogens is 198 g/mol. The van der Waals surface area contributed by atoms with E-state index in [0.717, 1.165) is 6.54 Å². The van der Waals surface area contributed by atoms with Gasteiger partial charge >= 0.3 is 0 Å². The minimum Gasteiger partial charge on any atom is -0.508 e. The molecule has 1 saturated heterocycles. The van der Waals surface area contributed by atoms with E-state index >= 15 is 0 Å². The summed E-state index contributed by atoms with van der Waals surface area (Å²) in [5.41, 5.74) is 3.74. The SMILES string of the molecule is Cc1cc(O)cc(C)c1[C@H]1CCN1.Cl. The molecule has 0 aromatic heterocycles. The van der Waals surface area contributed by atoms with E-state index in [2.05, 4.69) is 19.2 Å². The van der Waals surface area contributed by atoms with Crippen molar-refractivity contribution in [2.24, 2.45) is 0 Å². The summed E-state index contributed by atoms with van der Waals surface area (Å²) in [5, 5.41) is 12.8. The Labute approximate surface area is 90.7 Å². The van der Waals surface area contributed by atoms with Crippen molar-refractivity contribution in [2.75, 3.05) is 6.54 Å². The maximum atomic E-state index is 9.37. The molecule has 1 aliphatic rings. The van der Waals surface area contributed by atoms with Crippen molar-refractivity contribution >= 4 is 12.4 Å². The van der Waals surface area contributed by atoms with Gasteiger partial charge in [-0.05, 0) is 55.6 Å². The number of benzene rings is 1. The molecular formula is C11H16ClNO. The Hall–Kier alpha value is -0.730. The van der Waals surface area contributed by atoms with Crippen molar-refractivity contribution in [1.82, 2.24) is 5.32 Å². The summed E-state index contributed by atoms with van der Waals surface area (Å²) in [6, 6.07) is 4.19. The van der Waals surface area contributed by atoms with E-state index in [9.17, 15) is 5.11 Å². The zero-order valence-corrected chi connectivity index (χ0v) is 9.32. The van der Waals surface area contributed by atoms with Crippen molar-refractivity contribution < 1.29 is 5.11 Å². The molecule has 14 heavy (non-hydrogen) atoms. The first-order valence-corrected chi connectivity index (χ1v) is 4.72. The predicted octanol–water partition coefficient (Wildman–Crippen LogP) is 2.47. The van der Waals surface area contributed by atoms with Gasteiger partial charge in [0.25, 0.3) is 0 Å². The third-order valence-electron chi connectivity index (χ3n) is 2.75. The van der Waals surface area contributed by atoms with Gasteiger partial charge in [-0.1, -0.05) is 0 Å². The van der Waals surface area contributed by atoms with Crippen molar-refractivity contribution in [3.63, 3.8) is 0 Å². The van der Waals surface area contributed by atoms with Crippen LogP contribution in [-0.4, -0.2) is 11.7 Å². The molecule has 78 valence electrons. The number of phenols is 1. The highest BCUT2D eigenvalue weighted by Gasteiger charge is 2.21. The molecule has 2 rings (SSSR count). The van der Waals surface area contributed by atoms with Crippen LogP contribution in [0.25, 0.3) is 0 Å². The fourth-order valence-corrected chi connectivity index (χ4v) is 2.04.